The highest BCUT2D eigenvalue weighted by Gasteiger charge is 2.16. The van der Waals surface area contributed by atoms with Crippen molar-refractivity contribution in [3.05, 3.63) is 33.9 Å². The van der Waals surface area contributed by atoms with Crippen molar-refractivity contribution in [2.75, 3.05) is 13.6 Å². The average Bonchev–Trinajstić information content (AvgIpc) is 2.19. The molecule has 0 fully saturated rings. The van der Waals surface area contributed by atoms with E-state index in [9.17, 15) is 0 Å². The van der Waals surface area contributed by atoms with Crippen molar-refractivity contribution in [3.63, 3.8) is 0 Å². The van der Waals surface area contributed by atoms with Crippen LogP contribution in [0, 0.1) is 27.7 Å². The van der Waals surface area contributed by atoms with E-state index in [2.05, 4.69) is 59.6 Å². The van der Waals surface area contributed by atoms with Gasteiger partial charge in [0.05, 0.1) is 0 Å². The zero-order chi connectivity index (χ0) is 14.1. The van der Waals surface area contributed by atoms with Gasteiger partial charge in [0.2, 0.25) is 0 Å². The van der Waals surface area contributed by atoms with E-state index in [0.717, 1.165) is 13.1 Å². The van der Waals surface area contributed by atoms with Gasteiger partial charge < -0.3 is 10.6 Å². The van der Waals surface area contributed by atoms with Crippen LogP contribution >= 0.6 is 0 Å². The summed E-state index contributed by atoms with van der Waals surface area (Å²) in [4.78, 5) is 2.31. The van der Waals surface area contributed by atoms with Gasteiger partial charge in [-0.05, 0) is 76.4 Å². The van der Waals surface area contributed by atoms with Crippen LogP contribution in [0.4, 0.5) is 0 Å². The number of hydrogen-bond donors (Lipinski definition) is 1. The summed E-state index contributed by atoms with van der Waals surface area (Å²) < 4.78 is 0. The van der Waals surface area contributed by atoms with Crippen molar-refractivity contribution in [2.45, 2.75) is 53.6 Å². The van der Waals surface area contributed by atoms with Gasteiger partial charge in [0, 0.05) is 18.6 Å². The van der Waals surface area contributed by atoms with Crippen molar-refractivity contribution >= 4 is 0 Å². The van der Waals surface area contributed by atoms with Gasteiger partial charge in [-0.1, -0.05) is 6.07 Å². The Hall–Kier alpha value is -0.860. The lowest BCUT2D eigenvalue weighted by molar-refractivity contribution is 0.262. The molecule has 1 aromatic carbocycles. The van der Waals surface area contributed by atoms with Crippen LogP contribution in [-0.2, 0) is 6.54 Å². The first kappa shape index (κ1) is 15.2. The predicted molar refractivity (Wildman–Crippen MR) is 80.0 cm³/mol. The third kappa shape index (κ3) is 3.82. The third-order valence-electron chi connectivity index (χ3n) is 3.63. The molecule has 0 radical (unpaired) electrons. The summed E-state index contributed by atoms with van der Waals surface area (Å²) in [6, 6.07) is 2.28. The molecule has 0 saturated heterocycles. The van der Waals surface area contributed by atoms with Crippen LogP contribution in [0.5, 0.6) is 0 Å². The van der Waals surface area contributed by atoms with Crippen molar-refractivity contribution in [3.8, 4) is 0 Å². The van der Waals surface area contributed by atoms with Gasteiger partial charge in [0.25, 0.3) is 0 Å². The lowest BCUT2D eigenvalue weighted by Crippen LogP contribution is -2.43. The summed E-state index contributed by atoms with van der Waals surface area (Å²) in [6.07, 6.45) is 0. The minimum absolute atomic E-state index is 0.143. The highest BCUT2D eigenvalue weighted by molar-refractivity contribution is 5.43. The van der Waals surface area contributed by atoms with Crippen molar-refractivity contribution < 1.29 is 0 Å². The molecule has 0 unspecified atom stereocenters. The van der Waals surface area contributed by atoms with Crippen LogP contribution in [-0.4, -0.2) is 24.0 Å². The number of nitrogens with two attached hydrogens (primary N) is 1. The Kier molecular flexibility index (Phi) is 4.57. The molecule has 18 heavy (non-hydrogen) atoms. The molecular formula is C16H28N2. The van der Waals surface area contributed by atoms with Crippen molar-refractivity contribution in [1.82, 2.24) is 4.90 Å². The molecule has 0 saturated carbocycles. The van der Waals surface area contributed by atoms with Gasteiger partial charge in [-0.3, -0.25) is 0 Å². The van der Waals surface area contributed by atoms with E-state index in [0.29, 0.717) is 0 Å². The summed E-state index contributed by atoms with van der Waals surface area (Å²) >= 11 is 0. The summed E-state index contributed by atoms with van der Waals surface area (Å²) in [5, 5.41) is 0. The molecule has 2 heteroatoms. The molecule has 1 aromatic rings. The fourth-order valence-electron chi connectivity index (χ4n) is 2.56. The molecule has 0 heterocycles. The maximum Gasteiger partial charge on any atom is 0.0236 e. The topological polar surface area (TPSA) is 29.3 Å². The molecule has 0 aliphatic carbocycles. The standard InChI is InChI=1S/C16H28N2/c1-11-8-12(2)14(4)15(13(11)3)9-18(7)10-16(5,6)17/h8H,9-10,17H2,1-7H3. The van der Waals surface area contributed by atoms with Gasteiger partial charge in [-0.2, -0.15) is 0 Å². The molecule has 0 aromatic heterocycles. The van der Waals surface area contributed by atoms with E-state index in [-0.39, 0.29) is 5.54 Å². The van der Waals surface area contributed by atoms with E-state index in [1.54, 1.807) is 0 Å². The molecule has 102 valence electrons. The Bertz CT molecular complexity index is 401. The maximum atomic E-state index is 6.08. The summed E-state index contributed by atoms with van der Waals surface area (Å²) in [7, 11) is 2.14. The van der Waals surface area contributed by atoms with Gasteiger partial charge in [0.1, 0.15) is 0 Å². The van der Waals surface area contributed by atoms with Crippen molar-refractivity contribution in [1.29, 1.82) is 0 Å². The lowest BCUT2D eigenvalue weighted by Gasteiger charge is -2.28. The largest absolute Gasteiger partial charge is 0.324 e. The number of likely N-dealkylation sites (N-methyl/N-ethyl adjacent to an activating group) is 1. The molecule has 0 aliphatic heterocycles. The number of rotatable bonds is 4. The quantitative estimate of drug-likeness (QED) is 0.887. The van der Waals surface area contributed by atoms with E-state index >= 15 is 0 Å². The fourth-order valence-corrected chi connectivity index (χ4v) is 2.56. The Morgan fingerprint density at radius 3 is 1.89 bits per heavy atom. The summed E-state index contributed by atoms with van der Waals surface area (Å²) in [5.41, 5.74) is 13.0. The molecule has 1 rings (SSSR count). The monoisotopic (exact) mass is 248 g/mol. The highest BCUT2D eigenvalue weighted by atomic mass is 15.1. The number of benzene rings is 1. The third-order valence-corrected chi connectivity index (χ3v) is 3.63. The minimum atomic E-state index is -0.143. The molecule has 0 spiro atoms. The van der Waals surface area contributed by atoms with Crippen LogP contribution in [0.1, 0.15) is 41.7 Å². The van der Waals surface area contributed by atoms with Gasteiger partial charge in [0.15, 0.2) is 0 Å². The van der Waals surface area contributed by atoms with Crippen LogP contribution < -0.4 is 5.73 Å². The number of nitrogens with zero attached hydrogens (tertiary/aromatic N) is 1. The Balaban J connectivity index is 2.97. The molecule has 2 nitrogen and oxygen atoms in total. The minimum Gasteiger partial charge on any atom is -0.324 e. The predicted octanol–water partition coefficient (Wildman–Crippen LogP) is 3.09. The van der Waals surface area contributed by atoms with E-state index in [1.165, 1.54) is 27.8 Å². The van der Waals surface area contributed by atoms with Crippen LogP contribution in [0.15, 0.2) is 6.07 Å². The Morgan fingerprint density at radius 1 is 1.06 bits per heavy atom. The van der Waals surface area contributed by atoms with Gasteiger partial charge in [-0.15, -0.1) is 0 Å². The first-order valence-electron chi connectivity index (χ1n) is 6.65. The summed E-state index contributed by atoms with van der Waals surface area (Å²) in [6.45, 7) is 14.8. The molecule has 0 bridgehead atoms. The first-order chi connectivity index (χ1) is 8.11. The SMILES string of the molecule is Cc1cc(C)c(C)c(CN(C)CC(C)(C)N)c1C. The number of hydrogen-bond acceptors (Lipinski definition) is 2. The van der Waals surface area contributed by atoms with Crippen LogP contribution in [0.3, 0.4) is 0 Å². The second-order valence-corrected chi connectivity index (χ2v) is 6.40. The van der Waals surface area contributed by atoms with Gasteiger partial charge >= 0.3 is 0 Å². The van der Waals surface area contributed by atoms with Crippen LogP contribution in [0.25, 0.3) is 0 Å². The Labute approximate surface area is 112 Å². The zero-order valence-corrected chi connectivity index (χ0v) is 13.0. The first-order valence-corrected chi connectivity index (χ1v) is 6.65. The second-order valence-electron chi connectivity index (χ2n) is 6.40. The average molecular weight is 248 g/mol. The lowest BCUT2D eigenvalue weighted by atomic mass is 9.93. The van der Waals surface area contributed by atoms with E-state index in [4.69, 9.17) is 5.73 Å². The highest BCUT2D eigenvalue weighted by Crippen LogP contribution is 2.23. The van der Waals surface area contributed by atoms with Crippen molar-refractivity contribution in [2.24, 2.45) is 5.73 Å². The maximum absolute atomic E-state index is 6.08. The molecule has 0 atom stereocenters. The fraction of sp³-hybridized carbons (Fsp3) is 0.625. The van der Waals surface area contributed by atoms with Crippen LogP contribution in [0.2, 0.25) is 0 Å². The Morgan fingerprint density at radius 2 is 1.50 bits per heavy atom. The van der Waals surface area contributed by atoms with E-state index < -0.39 is 0 Å². The smallest absolute Gasteiger partial charge is 0.0236 e. The molecular weight excluding hydrogens is 220 g/mol. The number of aryl methyl sites for hydroxylation is 2. The normalized spacial score (nSPS) is 12.3. The molecule has 0 amide bonds. The summed E-state index contributed by atoms with van der Waals surface area (Å²) in [5.74, 6) is 0. The zero-order valence-electron chi connectivity index (χ0n) is 13.0. The molecule has 2 N–H and O–H groups in total. The molecule has 0 aliphatic rings. The van der Waals surface area contributed by atoms with Gasteiger partial charge in [-0.25, -0.2) is 0 Å². The van der Waals surface area contributed by atoms with E-state index in [1.807, 2.05) is 0 Å². The second kappa shape index (κ2) is 5.41.